The highest BCUT2D eigenvalue weighted by molar-refractivity contribution is 6.19. The SMILES string of the molecule is [2H]c1c([2H])c([2H])c2c(c1[2H])c1c([2H])c([2H])c([2H])c([2H])c1n2-c1cccc(N(c2cc(N(c3cccc(-n4c5c([2H])c([2H])c([2H])c([2H])c5c5c([2H])c([2H])c([2H])c([2H])c54)c3)c3c(-c4ccccc4)ccc4oc5ccccc5c34)cc(C(C)(C)C)c2)c2c(-c3ccccc3)ccc3oc4ccccc4c23)c1. The highest BCUT2D eigenvalue weighted by Crippen LogP contribution is 2.54. The van der Waals surface area contributed by atoms with Crippen molar-refractivity contribution >= 4 is 122 Å². The van der Waals surface area contributed by atoms with Crippen LogP contribution in [-0.2, 0) is 5.41 Å². The fourth-order valence-electron chi connectivity index (χ4n) is 12.8. The molecule has 0 aliphatic rings. The lowest BCUT2D eigenvalue weighted by atomic mass is 9.85. The van der Waals surface area contributed by atoms with Crippen LogP contribution in [0.5, 0.6) is 0 Å². The molecule has 0 bridgehead atoms. The Morgan fingerprint density at radius 1 is 0.330 bits per heavy atom. The average Bonchev–Trinajstić information content (AvgIpc) is 1.54. The zero-order valence-corrected chi connectivity index (χ0v) is 47.7. The van der Waals surface area contributed by atoms with E-state index in [1.54, 1.807) is 24.3 Å². The lowest BCUT2D eigenvalue weighted by Gasteiger charge is -2.34. The van der Waals surface area contributed by atoms with Crippen LogP contribution in [0.2, 0.25) is 0 Å². The van der Waals surface area contributed by atoms with Gasteiger partial charge in [-0.05, 0) is 137 Å². The number of hydrogen-bond donors (Lipinski definition) is 0. The summed E-state index contributed by atoms with van der Waals surface area (Å²) in [4.78, 5) is 4.26. The molecule has 0 unspecified atom stereocenters. The monoisotopic (exact) mass is 1150 g/mol. The fourth-order valence-corrected chi connectivity index (χ4v) is 12.8. The van der Waals surface area contributed by atoms with Gasteiger partial charge in [0.05, 0.1) is 66.1 Å². The maximum atomic E-state index is 9.59. The van der Waals surface area contributed by atoms with Gasteiger partial charge in [-0.1, -0.05) is 202 Å². The average molecular weight is 1150 g/mol. The molecule has 6 nitrogen and oxygen atoms in total. The van der Waals surface area contributed by atoms with E-state index < -0.39 is 102 Å². The number of para-hydroxylation sites is 6. The first-order valence-electron chi connectivity index (χ1n) is 36.9. The number of fused-ring (bicyclic) bond motifs is 12. The molecule has 0 saturated carbocycles. The Morgan fingerprint density at radius 2 is 0.705 bits per heavy atom. The molecule has 13 aromatic carbocycles. The van der Waals surface area contributed by atoms with Crippen molar-refractivity contribution in [2.24, 2.45) is 0 Å². The molecule has 0 N–H and O–H groups in total. The van der Waals surface area contributed by atoms with Gasteiger partial charge in [-0.25, -0.2) is 0 Å². The maximum Gasteiger partial charge on any atom is 0.137 e. The van der Waals surface area contributed by atoms with Crippen LogP contribution in [0, 0.1) is 0 Å². The molecular weight excluding hydrogens is 1070 g/mol. The molecule has 4 aromatic heterocycles. The minimum absolute atomic E-state index is 0.0544. The van der Waals surface area contributed by atoms with Crippen LogP contribution < -0.4 is 9.80 Å². The molecule has 6 heteroatoms. The van der Waals surface area contributed by atoms with E-state index >= 15 is 0 Å². The van der Waals surface area contributed by atoms with Gasteiger partial charge < -0.3 is 27.8 Å². The smallest absolute Gasteiger partial charge is 0.137 e. The van der Waals surface area contributed by atoms with E-state index in [0.717, 1.165) is 49.4 Å². The number of anilines is 6. The quantitative estimate of drug-likeness (QED) is 0.137. The second-order valence-corrected chi connectivity index (χ2v) is 22.9. The zero-order chi connectivity index (χ0) is 72.5. The summed E-state index contributed by atoms with van der Waals surface area (Å²) in [5.41, 5.74) is 9.50. The molecule has 88 heavy (non-hydrogen) atoms. The van der Waals surface area contributed by atoms with E-state index in [-0.39, 0.29) is 43.6 Å². The molecule has 0 aliphatic carbocycles. The third kappa shape index (κ3) is 8.17. The molecule has 0 radical (unpaired) electrons. The number of hydrogen-bond acceptors (Lipinski definition) is 4. The summed E-state index contributed by atoms with van der Waals surface area (Å²) < 4.78 is 164. The molecule has 0 saturated heterocycles. The summed E-state index contributed by atoms with van der Waals surface area (Å²) in [5.74, 6) is 0. The Balaban J connectivity index is 1.04. The van der Waals surface area contributed by atoms with E-state index in [1.807, 2.05) is 158 Å². The van der Waals surface area contributed by atoms with Crippen LogP contribution in [0.1, 0.15) is 48.3 Å². The normalized spacial score (nSPS) is 14.6. The zero-order valence-electron chi connectivity index (χ0n) is 63.7. The molecule has 0 fully saturated rings. The van der Waals surface area contributed by atoms with Gasteiger partial charge in [0.2, 0.25) is 0 Å². The van der Waals surface area contributed by atoms with Gasteiger partial charge in [-0.3, -0.25) is 0 Å². The van der Waals surface area contributed by atoms with Crippen molar-refractivity contribution in [2.45, 2.75) is 26.2 Å². The van der Waals surface area contributed by atoms with Crippen LogP contribution in [0.15, 0.2) is 306 Å². The van der Waals surface area contributed by atoms with Crippen molar-refractivity contribution in [2.75, 3.05) is 9.80 Å². The van der Waals surface area contributed by atoms with Crippen molar-refractivity contribution in [3.8, 4) is 33.6 Å². The molecule has 4 heterocycles. The van der Waals surface area contributed by atoms with Crippen LogP contribution in [0.4, 0.5) is 34.1 Å². The third-order valence-electron chi connectivity index (χ3n) is 16.7. The standard InChI is InChI=1S/C82H58N4O2/c1-82(2,3)55-48-60(83(56-28-22-30-58(50-56)85-70-38-16-10-32-64(70)65-33-11-17-39-71(65)85)80-62(53-24-6-4-7-25-53)44-46-76-78(80)68-36-14-20-42-74(68)87-76)52-61(49-55)84(57-29-23-31-59(51-57)86-72-40-18-12-34-66(72)67-35-13-19-41-73(67)86)81-63(54-26-8-5-9-27-54)45-47-77-79(81)69-37-15-21-43-75(69)88-77/h4-52H,1-3H3/i10D,11D,12D,13D,16D,17D,18D,19D,32D,33D,34D,35D,38D,39D,40D,41D. The molecule has 0 atom stereocenters. The molecular formula is C82H58N4O2. The molecule has 0 spiro atoms. The Labute approximate surface area is 531 Å². The van der Waals surface area contributed by atoms with Gasteiger partial charge >= 0.3 is 0 Å². The highest BCUT2D eigenvalue weighted by Gasteiger charge is 2.31. The summed E-state index contributed by atoms with van der Waals surface area (Å²) >= 11 is 0. The first-order chi connectivity index (χ1) is 49.9. The van der Waals surface area contributed by atoms with E-state index in [9.17, 15) is 11.0 Å². The van der Waals surface area contributed by atoms with Gasteiger partial charge in [0.15, 0.2) is 0 Å². The van der Waals surface area contributed by atoms with Crippen LogP contribution in [-0.4, -0.2) is 9.13 Å². The largest absolute Gasteiger partial charge is 0.456 e. The minimum Gasteiger partial charge on any atom is -0.456 e. The molecule has 17 aromatic rings. The van der Waals surface area contributed by atoms with E-state index in [1.165, 1.54) is 9.13 Å². The van der Waals surface area contributed by atoms with Gasteiger partial charge in [-0.15, -0.1) is 0 Å². The molecule has 0 aliphatic heterocycles. The Kier molecular flexibility index (Phi) is 8.51. The van der Waals surface area contributed by atoms with Crippen molar-refractivity contribution in [1.29, 1.82) is 0 Å². The summed E-state index contributed by atoms with van der Waals surface area (Å²) in [6.07, 6.45) is 0. The summed E-state index contributed by atoms with van der Waals surface area (Å²) in [6.45, 7) is 6.34. The Morgan fingerprint density at radius 3 is 1.10 bits per heavy atom. The second-order valence-electron chi connectivity index (χ2n) is 22.9. The summed E-state index contributed by atoms with van der Waals surface area (Å²) in [5, 5.41) is 2.71. The number of rotatable bonds is 10. The Hall–Kier alpha value is -11.3. The van der Waals surface area contributed by atoms with Gasteiger partial charge in [0.1, 0.15) is 22.3 Å². The molecule has 418 valence electrons. The first kappa shape index (κ1) is 37.2. The van der Waals surface area contributed by atoms with Crippen LogP contribution in [0.3, 0.4) is 0 Å². The second kappa shape index (κ2) is 20.2. The first-order valence-corrected chi connectivity index (χ1v) is 28.9. The van der Waals surface area contributed by atoms with Crippen molar-refractivity contribution in [1.82, 2.24) is 9.13 Å². The number of benzene rings is 13. The lowest BCUT2D eigenvalue weighted by molar-refractivity contribution is 0.590. The number of nitrogens with zero attached hydrogens (tertiary/aromatic N) is 4. The van der Waals surface area contributed by atoms with E-state index in [2.05, 4.69) is 48.8 Å². The van der Waals surface area contributed by atoms with Gasteiger partial charge in [0, 0.05) is 77.6 Å². The fraction of sp³-hybridized carbons (Fsp3) is 0.0488. The van der Waals surface area contributed by atoms with Gasteiger partial charge in [0.25, 0.3) is 0 Å². The van der Waals surface area contributed by atoms with Crippen LogP contribution in [0.25, 0.3) is 121 Å². The summed E-state index contributed by atoms with van der Waals surface area (Å²) in [7, 11) is 0. The number of furan rings is 2. The van der Waals surface area contributed by atoms with E-state index in [0.29, 0.717) is 67.8 Å². The van der Waals surface area contributed by atoms with Crippen molar-refractivity contribution < 1.29 is 30.8 Å². The molecule has 17 rings (SSSR count). The van der Waals surface area contributed by atoms with Gasteiger partial charge in [-0.2, -0.15) is 0 Å². The predicted octanol–water partition coefficient (Wildman–Crippen LogP) is 23.3. The topological polar surface area (TPSA) is 42.6 Å². The highest BCUT2D eigenvalue weighted by atomic mass is 16.3. The lowest BCUT2D eigenvalue weighted by Crippen LogP contribution is -2.19. The third-order valence-corrected chi connectivity index (χ3v) is 16.7. The summed E-state index contributed by atoms with van der Waals surface area (Å²) in [6, 6.07) is 56.2. The Bertz CT molecular complexity index is 6040. The molecule has 0 amide bonds. The van der Waals surface area contributed by atoms with Crippen LogP contribution >= 0.6 is 0 Å². The number of aromatic nitrogens is 2. The van der Waals surface area contributed by atoms with Crippen molar-refractivity contribution in [3.05, 3.63) is 302 Å². The minimum atomic E-state index is -0.663. The maximum absolute atomic E-state index is 9.59. The van der Waals surface area contributed by atoms with Crippen molar-refractivity contribution in [3.63, 3.8) is 0 Å². The van der Waals surface area contributed by atoms with E-state index in [4.69, 9.17) is 19.8 Å². The predicted molar refractivity (Wildman–Crippen MR) is 369 cm³/mol.